The third kappa shape index (κ3) is 14.4. The summed E-state index contributed by atoms with van der Waals surface area (Å²) in [5, 5.41) is 0. The first-order chi connectivity index (χ1) is 10.2. The van der Waals surface area contributed by atoms with Crippen LogP contribution in [0.1, 0.15) is 117 Å². The Labute approximate surface area is 134 Å². The molecule has 1 nitrogen and oxygen atoms in total. The maximum atomic E-state index is 11.7. The second-order valence-corrected chi connectivity index (χ2v) is 6.77. The van der Waals surface area contributed by atoms with Crippen LogP contribution in [0.3, 0.4) is 0 Å². The van der Waals surface area contributed by atoms with Gasteiger partial charge in [-0.2, -0.15) is 0 Å². The van der Waals surface area contributed by atoms with E-state index >= 15 is 0 Å². The molecular weight excluding hydrogens is 256 g/mol. The van der Waals surface area contributed by atoms with Gasteiger partial charge in [0.25, 0.3) is 0 Å². The normalized spacial score (nSPS) is 12.5. The van der Waals surface area contributed by atoms with Crippen LogP contribution < -0.4 is 0 Å². The van der Waals surface area contributed by atoms with Gasteiger partial charge in [-0.15, -0.1) is 0 Å². The summed E-state index contributed by atoms with van der Waals surface area (Å²) in [4.78, 5) is 11.7. The fraction of sp³-hybridized carbons (Fsp3) is 0.950. The van der Waals surface area contributed by atoms with E-state index < -0.39 is 0 Å². The van der Waals surface area contributed by atoms with Gasteiger partial charge in [-0.25, -0.2) is 0 Å². The quantitative estimate of drug-likeness (QED) is 0.278. The van der Waals surface area contributed by atoms with Crippen LogP contribution in [0, 0.1) is 5.92 Å². The van der Waals surface area contributed by atoms with Crippen LogP contribution in [0.15, 0.2) is 0 Å². The summed E-state index contributed by atoms with van der Waals surface area (Å²) < 4.78 is 0. The SMILES string of the molecule is CCCCCCCCCC(CCCCCCCC)C(C)=O. The molecule has 0 spiro atoms. The Morgan fingerprint density at radius 1 is 0.619 bits per heavy atom. The largest absolute Gasteiger partial charge is 0.300 e. The minimum absolute atomic E-state index is 0.354. The molecule has 0 saturated heterocycles. The Morgan fingerprint density at radius 3 is 1.29 bits per heavy atom. The molecule has 0 radical (unpaired) electrons. The number of hydrogen-bond acceptors (Lipinski definition) is 1. The fourth-order valence-corrected chi connectivity index (χ4v) is 3.07. The van der Waals surface area contributed by atoms with Crippen molar-refractivity contribution >= 4 is 5.78 Å². The standard InChI is InChI=1S/C20H40O/c1-4-6-8-10-12-14-16-18-20(19(3)21)17-15-13-11-9-7-5-2/h20H,4-18H2,1-3H3. The highest BCUT2D eigenvalue weighted by Crippen LogP contribution is 2.20. The number of ketones is 1. The molecule has 1 atom stereocenters. The van der Waals surface area contributed by atoms with Crippen molar-refractivity contribution in [1.82, 2.24) is 0 Å². The molecule has 0 aliphatic heterocycles. The van der Waals surface area contributed by atoms with Gasteiger partial charge in [0.15, 0.2) is 0 Å². The summed E-state index contributed by atoms with van der Waals surface area (Å²) in [5.74, 6) is 0.779. The van der Waals surface area contributed by atoms with Crippen molar-refractivity contribution in [3.8, 4) is 0 Å². The molecule has 0 aromatic heterocycles. The second-order valence-electron chi connectivity index (χ2n) is 6.77. The number of rotatable bonds is 16. The predicted octanol–water partition coefficient (Wildman–Crippen LogP) is 7.08. The van der Waals surface area contributed by atoms with Gasteiger partial charge in [-0.05, 0) is 19.8 Å². The first-order valence-corrected chi connectivity index (χ1v) is 9.72. The Balaban J connectivity index is 3.52. The molecule has 0 amide bonds. The lowest BCUT2D eigenvalue weighted by molar-refractivity contribution is -0.121. The fourth-order valence-electron chi connectivity index (χ4n) is 3.07. The molecule has 0 aliphatic rings. The summed E-state index contributed by atoms with van der Waals surface area (Å²) in [7, 11) is 0. The Morgan fingerprint density at radius 2 is 0.952 bits per heavy atom. The van der Waals surface area contributed by atoms with E-state index in [1.165, 1.54) is 83.5 Å². The van der Waals surface area contributed by atoms with Gasteiger partial charge < -0.3 is 0 Å². The summed E-state index contributed by atoms with van der Waals surface area (Å²) >= 11 is 0. The molecule has 0 fully saturated rings. The number of carbonyl (C=O) groups excluding carboxylic acids is 1. The van der Waals surface area contributed by atoms with Crippen LogP contribution in [-0.2, 0) is 4.79 Å². The lowest BCUT2D eigenvalue weighted by atomic mass is 9.91. The molecule has 0 N–H and O–H groups in total. The lowest BCUT2D eigenvalue weighted by Crippen LogP contribution is -2.10. The van der Waals surface area contributed by atoms with Crippen molar-refractivity contribution in [3.63, 3.8) is 0 Å². The third-order valence-electron chi connectivity index (χ3n) is 4.64. The first kappa shape index (κ1) is 20.7. The average molecular weight is 297 g/mol. The Hall–Kier alpha value is -0.330. The third-order valence-corrected chi connectivity index (χ3v) is 4.64. The van der Waals surface area contributed by atoms with Crippen molar-refractivity contribution in [3.05, 3.63) is 0 Å². The minimum Gasteiger partial charge on any atom is -0.300 e. The summed E-state index contributed by atoms with van der Waals surface area (Å²) in [5.41, 5.74) is 0. The molecule has 1 heteroatoms. The highest BCUT2D eigenvalue weighted by atomic mass is 16.1. The van der Waals surface area contributed by atoms with E-state index in [2.05, 4.69) is 13.8 Å². The van der Waals surface area contributed by atoms with Crippen molar-refractivity contribution in [1.29, 1.82) is 0 Å². The molecule has 0 aromatic rings. The lowest BCUT2D eigenvalue weighted by Gasteiger charge is -2.13. The molecule has 0 aromatic carbocycles. The van der Waals surface area contributed by atoms with Crippen LogP contribution in [0.25, 0.3) is 0 Å². The minimum atomic E-state index is 0.354. The molecule has 1 unspecified atom stereocenters. The monoisotopic (exact) mass is 296 g/mol. The van der Waals surface area contributed by atoms with Gasteiger partial charge >= 0.3 is 0 Å². The van der Waals surface area contributed by atoms with Crippen molar-refractivity contribution in [2.75, 3.05) is 0 Å². The highest BCUT2D eigenvalue weighted by molar-refractivity contribution is 5.78. The summed E-state index contributed by atoms with van der Waals surface area (Å²) in [6.07, 6.45) is 19.7. The number of carbonyl (C=O) groups is 1. The van der Waals surface area contributed by atoms with Gasteiger partial charge in [0.1, 0.15) is 5.78 Å². The van der Waals surface area contributed by atoms with E-state index in [1.807, 2.05) is 0 Å². The van der Waals surface area contributed by atoms with Crippen molar-refractivity contribution in [2.45, 2.75) is 117 Å². The van der Waals surface area contributed by atoms with Crippen LogP contribution in [0.2, 0.25) is 0 Å². The van der Waals surface area contributed by atoms with E-state index in [0.29, 0.717) is 11.7 Å². The van der Waals surface area contributed by atoms with Gasteiger partial charge in [0, 0.05) is 5.92 Å². The Bertz CT molecular complexity index is 222. The van der Waals surface area contributed by atoms with Crippen LogP contribution in [0.5, 0.6) is 0 Å². The zero-order chi connectivity index (χ0) is 15.8. The first-order valence-electron chi connectivity index (χ1n) is 9.72. The Kier molecular flexibility index (Phi) is 15.8. The van der Waals surface area contributed by atoms with E-state index in [4.69, 9.17) is 0 Å². The second kappa shape index (κ2) is 16.0. The van der Waals surface area contributed by atoms with Crippen LogP contribution in [-0.4, -0.2) is 5.78 Å². The number of hydrogen-bond donors (Lipinski definition) is 0. The molecular formula is C20H40O. The molecule has 126 valence electrons. The smallest absolute Gasteiger partial charge is 0.132 e. The van der Waals surface area contributed by atoms with Crippen molar-refractivity contribution < 1.29 is 4.79 Å². The van der Waals surface area contributed by atoms with Gasteiger partial charge in [-0.3, -0.25) is 4.79 Å². The van der Waals surface area contributed by atoms with Gasteiger partial charge in [-0.1, -0.05) is 97.3 Å². The van der Waals surface area contributed by atoms with E-state index in [0.717, 1.165) is 12.8 Å². The molecule has 0 rings (SSSR count). The summed E-state index contributed by atoms with van der Waals surface area (Å²) in [6, 6.07) is 0. The van der Waals surface area contributed by atoms with E-state index in [9.17, 15) is 4.79 Å². The number of Topliss-reactive ketones (excluding diaryl/α,β-unsaturated/α-hetero) is 1. The average Bonchev–Trinajstić information content (AvgIpc) is 2.47. The summed E-state index contributed by atoms with van der Waals surface area (Å²) in [6.45, 7) is 6.32. The van der Waals surface area contributed by atoms with E-state index in [-0.39, 0.29) is 0 Å². The molecule has 0 heterocycles. The topological polar surface area (TPSA) is 17.1 Å². The van der Waals surface area contributed by atoms with Gasteiger partial charge in [0.2, 0.25) is 0 Å². The zero-order valence-corrected chi connectivity index (χ0v) is 15.1. The predicted molar refractivity (Wildman–Crippen MR) is 94.8 cm³/mol. The van der Waals surface area contributed by atoms with Crippen LogP contribution in [0.4, 0.5) is 0 Å². The van der Waals surface area contributed by atoms with E-state index in [1.54, 1.807) is 6.92 Å². The maximum absolute atomic E-state index is 11.7. The molecule has 21 heavy (non-hydrogen) atoms. The van der Waals surface area contributed by atoms with Crippen molar-refractivity contribution in [2.24, 2.45) is 5.92 Å². The molecule has 0 saturated carbocycles. The highest BCUT2D eigenvalue weighted by Gasteiger charge is 2.13. The zero-order valence-electron chi connectivity index (χ0n) is 15.1. The van der Waals surface area contributed by atoms with Crippen LogP contribution >= 0.6 is 0 Å². The maximum Gasteiger partial charge on any atom is 0.132 e. The molecule has 0 aliphatic carbocycles. The molecule has 0 bridgehead atoms. The van der Waals surface area contributed by atoms with Gasteiger partial charge in [0.05, 0.1) is 0 Å². The number of unbranched alkanes of at least 4 members (excludes halogenated alkanes) is 11.